The molecule has 0 fully saturated rings. The van der Waals surface area contributed by atoms with Crippen molar-refractivity contribution in [3.63, 3.8) is 0 Å². The number of rotatable bonds is 39. The predicted octanol–water partition coefficient (Wildman–Crippen LogP) is 9.37. The molecule has 7 heteroatoms. The number of unbranched alkanes of at least 4 members (excludes halogenated alkanes) is 23. The first-order chi connectivity index (χ1) is 24.8. The summed E-state index contributed by atoms with van der Waals surface area (Å²) in [6, 6.07) is 0. The Morgan fingerprint density at radius 3 is 1.35 bits per heavy atom. The molecule has 0 aliphatic carbocycles. The molecule has 0 saturated carbocycles. The van der Waals surface area contributed by atoms with E-state index in [0.717, 1.165) is 70.8 Å². The Morgan fingerprint density at radius 2 is 0.923 bits per heavy atom. The van der Waals surface area contributed by atoms with Crippen molar-refractivity contribution in [1.29, 1.82) is 0 Å². The van der Waals surface area contributed by atoms with Crippen molar-refractivity contribution in [2.75, 3.05) is 40.4 Å². The van der Waals surface area contributed by atoms with Crippen molar-refractivity contribution < 1.29 is 45.6 Å². The maximum atomic E-state index is 12.8. The van der Waals surface area contributed by atoms with Gasteiger partial charge in [-0.25, -0.2) is 0 Å². The minimum atomic E-state index is -0.456. The van der Waals surface area contributed by atoms with E-state index >= 15 is 0 Å². The third-order valence-corrected chi connectivity index (χ3v) is 9.88. The van der Waals surface area contributed by atoms with Crippen molar-refractivity contribution in [3.8, 4) is 0 Å². The van der Waals surface area contributed by atoms with Crippen LogP contribution in [0.2, 0.25) is 0 Å². The lowest BCUT2D eigenvalue weighted by Crippen LogP contribution is -3.00. The molecule has 0 aromatic carbocycles. The van der Waals surface area contributed by atoms with Crippen molar-refractivity contribution in [2.45, 2.75) is 213 Å². The van der Waals surface area contributed by atoms with Gasteiger partial charge >= 0.3 is 11.9 Å². The lowest BCUT2D eigenvalue weighted by Gasteiger charge is -2.33. The summed E-state index contributed by atoms with van der Waals surface area (Å²) < 4.78 is 12.2. The Morgan fingerprint density at radius 1 is 0.538 bits per heavy atom. The normalized spacial score (nSPS) is 12.4. The zero-order valence-electron chi connectivity index (χ0n) is 34.8. The number of carbonyl (C=O) groups is 2. The van der Waals surface area contributed by atoms with E-state index < -0.39 is 6.10 Å². The van der Waals surface area contributed by atoms with E-state index in [4.69, 9.17) is 9.47 Å². The van der Waals surface area contributed by atoms with Crippen molar-refractivity contribution in [1.82, 2.24) is 0 Å². The van der Waals surface area contributed by atoms with Gasteiger partial charge in [-0.2, -0.15) is 0 Å². The molecule has 0 aliphatic rings. The Hall–Kier alpha value is -1.18. The van der Waals surface area contributed by atoms with Crippen molar-refractivity contribution >= 4 is 11.9 Å². The van der Waals surface area contributed by atoms with E-state index in [1.54, 1.807) is 0 Å². The number of hydrogen-bond acceptors (Lipinski definition) is 5. The third-order valence-electron chi connectivity index (χ3n) is 9.88. The highest BCUT2D eigenvalue weighted by Gasteiger charge is 2.26. The molecule has 52 heavy (non-hydrogen) atoms. The number of allylic oxidation sites excluding steroid dienone is 4. The topological polar surface area (TPSA) is 72.8 Å². The van der Waals surface area contributed by atoms with E-state index in [2.05, 4.69) is 52.2 Å². The van der Waals surface area contributed by atoms with Gasteiger partial charge in [0.05, 0.1) is 20.6 Å². The van der Waals surface area contributed by atoms with E-state index in [1.807, 2.05) is 0 Å². The maximum absolute atomic E-state index is 12.8. The number of esters is 2. The van der Waals surface area contributed by atoms with Gasteiger partial charge in [-0.1, -0.05) is 141 Å². The van der Waals surface area contributed by atoms with Gasteiger partial charge < -0.3 is 36.0 Å². The fourth-order valence-electron chi connectivity index (χ4n) is 6.60. The van der Waals surface area contributed by atoms with Crippen LogP contribution in [0.4, 0.5) is 0 Å². The Balaban J connectivity index is 0. The van der Waals surface area contributed by atoms with Gasteiger partial charge in [0.2, 0.25) is 0 Å². The second kappa shape index (κ2) is 41.0. The second-order valence-corrected chi connectivity index (χ2v) is 15.7. The van der Waals surface area contributed by atoms with Gasteiger partial charge in [0.15, 0.2) is 6.10 Å². The lowest BCUT2D eigenvalue weighted by molar-refractivity contribution is -0.893. The monoisotopic (exact) mass is 800 g/mol. The number of hydrogen-bond donors (Lipinski definition) is 1. The highest BCUT2D eigenvalue weighted by atomic mass is 79.9. The highest BCUT2D eigenvalue weighted by molar-refractivity contribution is 5.70. The van der Waals surface area contributed by atoms with Crippen LogP contribution in [0.25, 0.3) is 0 Å². The molecule has 0 aromatic rings. The number of aliphatic hydroxyl groups excluding tert-OH is 1. The fourth-order valence-corrected chi connectivity index (χ4v) is 6.60. The van der Waals surface area contributed by atoms with Crippen LogP contribution < -0.4 is 17.0 Å². The number of ether oxygens (including phenoxy) is 2. The van der Waals surface area contributed by atoms with Crippen molar-refractivity contribution in [2.24, 2.45) is 0 Å². The van der Waals surface area contributed by atoms with Crippen molar-refractivity contribution in [3.05, 3.63) is 24.3 Å². The van der Waals surface area contributed by atoms with Crippen LogP contribution in [0.5, 0.6) is 0 Å². The number of aliphatic hydroxyl groups is 1. The number of halogens is 1. The lowest BCUT2D eigenvalue weighted by atomic mass is 10.1. The fraction of sp³-hybridized carbons (Fsp3) is 0.867. The molecule has 0 heterocycles. The zero-order valence-corrected chi connectivity index (χ0v) is 36.4. The predicted molar refractivity (Wildman–Crippen MR) is 218 cm³/mol. The summed E-state index contributed by atoms with van der Waals surface area (Å²) >= 11 is 0. The maximum Gasteiger partial charge on any atom is 0.306 e. The van der Waals surface area contributed by atoms with Gasteiger partial charge in [0.25, 0.3) is 0 Å². The van der Waals surface area contributed by atoms with Gasteiger partial charge in [-0.3, -0.25) is 9.59 Å². The molecule has 0 amide bonds. The highest BCUT2D eigenvalue weighted by Crippen LogP contribution is 2.14. The van der Waals surface area contributed by atoms with Gasteiger partial charge in [0.1, 0.15) is 13.2 Å². The second-order valence-electron chi connectivity index (χ2n) is 15.7. The zero-order chi connectivity index (χ0) is 37.5. The van der Waals surface area contributed by atoms with Crippen LogP contribution in [0.15, 0.2) is 24.3 Å². The molecule has 0 bridgehead atoms. The minimum Gasteiger partial charge on any atom is -1.00 e. The summed E-state index contributed by atoms with van der Waals surface area (Å²) in [6.45, 7) is 6.28. The first-order valence-electron chi connectivity index (χ1n) is 21.9. The molecule has 1 N–H and O–H groups in total. The van der Waals surface area contributed by atoms with E-state index in [-0.39, 0.29) is 42.1 Å². The molecule has 1 unspecified atom stereocenters. The first-order valence-corrected chi connectivity index (χ1v) is 21.9. The molecule has 1 atom stereocenters. The molecule has 0 radical (unpaired) electrons. The molecule has 0 spiro atoms. The van der Waals surface area contributed by atoms with Crippen LogP contribution in [-0.2, 0) is 19.1 Å². The average molecular weight is 801 g/mol. The number of nitrogens with zero attached hydrogens (tertiary/aromatic N) is 1. The number of quaternary nitrogens is 1. The van der Waals surface area contributed by atoms with E-state index in [0.29, 0.717) is 23.9 Å². The number of likely N-dealkylation sites (N-methyl/N-ethyl adjacent to an activating group) is 1. The molecular weight excluding hydrogens is 714 g/mol. The number of carbonyl (C=O) groups excluding carboxylic acids is 2. The van der Waals surface area contributed by atoms with E-state index in [1.165, 1.54) is 116 Å². The van der Waals surface area contributed by atoms with Crippen LogP contribution in [0, 0.1) is 0 Å². The van der Waals surface area contributed by atoms with E-state index in [9.17, 15) is 14.7 Å². The Kier molecular flexibility index (Phi) is 41.7. The SMILES string of the molecule is CCCCCCCC/C=C\CCCCCCCC(=O)OCC(C[N+](C)(C)CCCCO)OC(=O)CCCCCCC/C=C\CCCCCCCC.[Br-]. The summed E-state index contributed by atoms with van der Waals surface area (Å²) in [4.78, 5) is 25.4. The molecule has 308 valence electrons. The summed E-state index contributed by atoms with van der Waals surface area (Å²) in [5, 5.41) is 9.21. The standard InChI is InChI=1S/C45H86NO5.BrH/c1-5-7-9-11-13-15-17-19-21-23-25-27-29-31-33-37-44(48)50-42-43(41-46(3,4)39-35-36-40-47)51-45(49)38-34-32-30-28-26-24-22-20-18-16-14-12-10-8-6-2;/h19-22,43,47H,5-18,23-42H2,1-4H3;1H/q+1;/p-1/b21-19-,22-20-;. The Bertz CT molecular complexity index is 831. The Labute approximate surface area is 333 Å². The summed E-state index contributed by atoms with van der Waals surface area (Å²) in [7, 11) is 4.21. The molecular formula is C45H86BrNO5. The van der Waals surface area contributed by atoms with Gasteiger partial charge in [0, 0.05) is 19.4 Å². The van der Waals surface area contributed by atoms with Gasteiger partial charge in [-0.05, 0) is 77.0 Å². The first kappa shape index (κ1) is 52.9. The van der Waals surface area contributed by atoms with Crippen LogP contribution in [0.3, 0.4) is 0 Å². The smallest absolute Gasteiger partial charge is 0.306 e. The summed E-state index contributed by atoms with van der Waals surface area (Å²) in [5.74, 6) is -0.391. The molecule has 0 aliphatic heterocycles. The average Bonchev–Trinajstić information content (AvgIpc) is 3.10. The van der Waals surface area contributed by atoms with Crippen LogP contribution >= 0.6 is 0 Å². The van der Waals surface area contributed by atoms with Crippen LogP contribution in [-0.4, -0.2) is 68.0 Å². The summed E-state index contributed by atoms with van der Waals surface area (Å²) in [6.07, 6.45) is 43.3. The molecule has 0 rings (SSSR count). The quantitative estimate of drug-likeness (QED) is 0.0291. The molecule has 6 nitrogen and oxygen atoms in total. The molecule has 0 aromatic heterocycles. The minimum absolute atomic E-state index is 0. The third kappa shape index (κ3) is 40.0. The largest absolute Gasteiger partial charge is 1.00 e. The molecule has 0 saturated heterocycles. The van der Waals surface area contributed by atoms with Gasteiger partial charge in [-0.15, -0.1) is 0 Å². The summed E-state index contributed by atoms with van der Waals surface area (Å²) in [5.41, 5.74) is 0. The van der Waals surface area contributed by atoms with Crippen LogP contribution in [0.1, 0.15) is 206 Å².